The highest BCUT2D eigenvalue weighted by Gasteiger charge is 2.15. The average Bonchev–Trinajstić information content (AvgIpc) is 3.12. The molecular weight excluding hydrogens is 304 g/mol. The fraction of sp³-hybridized carbons (Fsp3) is 0.368. The van der Waals surface area contributed by atoms with Crippen LogP contribution in [0.15, 0.2) is 47.1 Å². The van der Waals surface area contributed by atoms with Crippen molar-refractivity contribution in [2.45, 2.75) is 33.2 Å². The Hall–Kier alpha value is -2.56. The maximum Gasteiger partial charge on any atom is 0.253 e. The van der Waals surface area contributed by atoms with Crippen molar-refractivity contribution in [1.29, 1.82) is 0 Å². The molecule has 0 atom stereocenters. The van der Waals surface area contributed by atoms with Gasteiger partial charge in [0.2, 0.25) is 0 Å². The summed E-state index contributed by atoms with van der Waals surface area (Å²) in [5, 5.41) is 2.79. The summed E-state index contributed by atoms with van der Waals surface area (Å²) in [5.74, 6) is 0.524. The van der Waals surface area contributed by atoms with E-state index in [1.165, 1.54) is 0 Å². The Balaban J connectivity index is 1.98. The van der Waals surface area contributed by atoms with Crippen LogP contribution in [0.5, 0.6) is 0 Å². The minimum absolute atomic E-state index is 0.0150. The van der Waals surface area contributed by atoms with E-state index in [2.05, 4.69) is 19.2 Å². The lowest BCUT2D eigenvalue weighted by atomic mass is 10.1. The summed E-state index contributed by atoms with van der Waals surface area (Å²) in [6.45, 7) is 5.95. The molecule has 0 bridgehead atoms. The van der Waals surface area contributed by atoms with Crippen LogP contribution in [0.3, 0.4) is 0 Å². The third-order valence-corrected chi connectivity index (χ3v) is 3.67. The molecule has 24 heavy (non-hydrogen) atoms. The number of amides is 2. The molecule has 1 aromatic heterocycles. The second-order valence-electron chi connectivity index (χ2n) is 5.63. The van der Waals surface area contributed by atoms with E-state index in [0.29, 0.717) is 23.4 Å². The normalized spacial score (nSPS) is 10.4. The van der Waals surface area contributed by atoms with Gasteiger partial charge in [-0.15, -0.1) is 0 Å². The third-order valence-electron chi connectivity index (χ3n) is 3.67. The van der Waals surface area contributed by atoms with Gasteiger partial charge in [0, 0.05) is 24.2 Å². The van der Waals surface area contributed by atoms with Crippen molar-refractivity contribution < 1.29 is 14.0 Å². The fourth-order valence-electron chi connectivity index (χ4n) is 2.48. The summed E-state index contributed by atoms with van der Waals surface area (Å²) in [6, 6.07) is 10.4. The molecule has 0 aliphatic carbocycles. The molecule has 0 fully saturated rings. The van der Waals surface area contributed by atoms with Gasteiger partial charge in [0.1, 0.15) is 5.76 Å². The summed E-state index contributed by atoms with van der Waals surface area (Å²) in [7, 11) is 0. The van der Waals surface area contributed by atoms with E-state index < -0.39 is 0 Å². The average molecular weight is 328 g/mol. The predicted octanol–water partition coefficient (Wildman–Crippen LogP) is 3.47. The highest BCUT2D eigenvalue weighted by molar-refractivity contribution is 5.97. The van der Waals surface area contributed by atoms with Crippen LogP contribution in [0.25, 0.3) is 0 Å². The number of furan rings is 1. The summed E-state index contributed by atoms with van der Waals surface area (Å²) in [6.07, 6.45) is 3.43. The van der Waals surface area contributed by atoms with Crippen molar-refractivity contribution in [2.75, 3.05) is 13.1 Å². The molecule has 0 unspecified atom stereocenters. The molecule has 5 heteroatoms. The maximum atomic E-state index is 12.5. The van der Waals surface area contributed by atoms with Gasteiger partial charge in [-0.05, 0) is 49.2 Å². The zero-order valence-corrected chi connectivity index (χ0v) is 14.2. The number of carbonyl (C=O) groups is 2. The summed E-state index contributed by atoms with van der Waals surface area (Å²) < 4.78 is 5.18. The number of nitrogens with zero attached hydrogens (tertiary/aromatic N) is 1. The topological polar surface area (TPSA) is 62.6 Å². The predicted molar refractivity (Wildman–Crippen MR) is 92.8 cm³/mol. The number of hydrogen-bond acceptors (Lipinski definition) is 3. The SMILES string of the molecule is CCCN(CCC)C(=O)c1ccc(C(=O)NCc2ccco2)cc1. The van der Waals surface area contributed by atoms with E-state index in [1.54, 1.807) is 42.7 Å². The van der Waals surface area contributed by atoms with Gasteiger partial charge in [-0.25, -0.2) is 0 Å². The molecule has 0 saturated carbocycles. The van der Waals surface area contributed by atoms with Crippen LogP contribution < -0.4 is 5.32 Å². The Morgan fingerprint density at radius 1 is 1.00 bits per heavy atom. The first kappa shape index (κ1) is 17.8. The largest absolute Gasteiger partial charge is 0.467 e. The van der Waals surface area contributed by atoms with E-state index >= 15 is 0 Å². The second-order valence-corrected chi connectivity index (χ2v) is 5.63. The van der Waals surface area contributed by atoms with Crippen molar-refractivity contribution in [3.8, 4) is 0 Å². The first-order valence-electron chi connectivity index (χ1n) is 8.35. The van der Waals surface area contributed by atoms with Crippen molar-refractivity contribution in [3.63, 3.8) is 0 Å². The van der Waals surface area contributed by atoms with Gasteiger partial charge < -0.3 is 14.6 Å². The number of benzene rings is 1. The Morgan fingerprint density at radius 2 is 1.62 bits per heavy atom. The number of rotatable bonds is 8. The van der Waals surface area contributed by atoms with E-state index in [0.717, 1.165) is 25.9 Å². The van der Waals surface area contributed by atoms with Crippen molar-refractivity contribution in [1.82, 2.24) is 10.2 Å². The molecule has 128 valence electrons. The molecule has 5 nitrogen and oxygen atoms in total. The van der Waals surface area contributed by atoms with Gasteiger partial charge in [-0.1, -0.05) is 13.8 Å². The van der Waals surface area contributed by atoms with E-state index in [9.17, 15) is 9.59 Å². The second kappa shape index (κ2) is 8.91. The molecule has 0 radical (unpaired) electrons. The summed E-state index contributed by atoms with van der Waals surface area (Å²) >= 11 is 0. The zero-order chi connectivity index (χ0) is 17.4. The smallest absolute Gasteiger partial charge is 0.253 e. The van der Waals surface area contributed by atoms with Crippen LogP contribution in [-0.4, -0.2) is 29.8 Å². The Bertz CT molecular complexity index is 642. The summed E-state index contributed by atoms with van der Waals surface area (Å²) in [4.78, 5) is 26.5. The molecule has 2 amide bonds. The quantitative estimate of drug-likeness (QED) is 0.807. The highest BCUT2D eigenvalue weighted by Crippen LogP contribution is 2.10. The van der Waals surface area contributed by atoms with Crippen LogP contribution in [-0.2, 0) is 6.54 Å². The first-order chi connectivity index (χ1) is 11.7. The van der Waals surface area contributed by atoms with E-state index in [4.69, 9.17) is 4.42 Å². The van der Waals surface area contributed by atoms with Gasteiger partial charge in [0.15, 0.2) is 0 Å². The minimum atomic E-state index is -0.190. The van der Waals surface area contributed by atoms with E-state index in [-0.39, 0.29) is 11.8 Å². The lowest BCUT2D eigenvalue weighted by Gasteiger charge is -2.21. The molecule has 1 aromatic carbocycles. The van der Waals surface area contributed by atoms with Crippen LogP contribution in [0, 0.1) is 0 Å². The maximum absolute atomic E-state index is 12.5. The van der Waals surface area contributed by atoms with Crippen LogP contribution in [0.2, 0.25) is 0 Å². The third kappa shape index (κ3) is 4.72. The molecule has 2 aromatic rings. The minimum Gasteiger partial charge on any atom is -0.467 e. The molecule has 0 aliphatic rings. The Kier molecular flexibility index (Phi) is 6.61. The molecule has 0 aliphatic heterocycles. The molecule has 1 N–H and O–H groups in total. The Morgan fingerprint density at radius 3 is 2.17 bits per heavy atom. The summed E-state index contributed by atoms with van der Waals surface area (Å²) in [5.41, 5.74) is 1.13. The first-order valence-corrected chi connectivity index (χ1v) is 8.35. The number of carbonyl (C=O) groups excluding carboxylic acids is 2. The highest BCUT2D eigenvalue weighted by atomic mass is 16.3. The standard InChI is InChI=1S/C19H24N2O3/c1-3-11-21(12-4-2)19(23)16-9-7-15(8-10-16)18(22)20-14-17-6-5-13-24-17/h5-10,13H,3-4,11-12,14H2,1-2H3,(H,20,22). The lowest BCUT2D eigenvalue weighted by Crippen LogP contribution is -2.32. The number of nitrogens with one attached hydrogen (secondary N) is 1. The Labute approximate surface area is 142 Å². The monoisotopic (exact) mass is 328 g/mol. The molecule has 0 saturated heterocycles. The van der Waals surface area contributed by atoms with Crippen LogP contribution >= 0.6 is 0 Å². The van der Waals surface area contributed by atoms with Gasteiger partial charge in [0.05, 0.1) is 12.8 Å². The molecule has 2 rings (SSSR count). The van der Waals surface area contributed by atoms with Gasteiger partial charge in [-0.3, -0.25) is 9.59 Å². The van der Waals surface area contributed by atoms with E-state index in [1.807, 2.05) is 4.90 Å². The van der Waals surface area contributed by atoms with Gasteiger partial charge in [0.25, 0.3) is 11.8 Å². The van der Waals surface area contributed by atoms with Crippen LogP contribution in [0.1, 0.15) is 53.2 Å². The van der Waals surface area contributed by atoms with Crippen molar-refractivity contribution in [3.05, 3.63) is 59.5 Å². The van der Waals surface area contributed by atoms with Crippen molar-refractivity contribution in [2.24, 2.45) is 0 Å². The molecular formula is C19H24N2O3. The number of hydrogen-bond donors (Lipinski definition) is 1. The van der Waals surface area contributed by atoms with Gasteiger partial charge >= 0.3 is 0 Å². The molecule has 0 spiro atoms. The van der Waals surface area contributed by atoms with Crippen molar-refractivity contribution >= 4 is 11.8 Å². The fourth-order valence-corrected chi connectivity index (χ4v) is 2.48. The lowest BCUT2D eigenvalue weighted by molar-refractivity contribution is 0.0755. The van der Waals surface area contributed by atoms with Gasteiger partial charge in [-0.2, -0.15) is 0 Å². The van der Waals surface area contributed by atoms with Crippen LogP contribution in [0.4, 0.5) is 0 Å². The molecule has 1 heterocycles. The zero-order valence-electron chi connectivity index (χ0n) is 14.2.